The number of carboxylic acids is 1. The maximum absolute atomic E-state index is 13.2. The van der Waals surface area contributed by atoms with Crippen LogP contribution in [0.3, 0.4) is 0 Å². The summed E-state index contributed by atoms with van der Waals surface area (Å²) in [5, 5.41) is 12.8. The van der Waals surface area contributed by atoms with Gasteiger partial charge in [-0.3, -0.25) is 9.48 Å². The van der Waals surface area contributed by atoms with Crippen molar-refractivity contribution in [3.63, 3.8) is 0 Å². The molecule has 0 bridgehead atoms. The van der Waals surface area contributed by atoms with Gasteiger partial charge in [-0.15, -0.1) is 0 Å². The second-order valence-corrected chi connectivity index (χ2v) is 4.19. The summed E-state index contributed by atoms with van der Waals surface area (Å²) in [6.45, 7) is 0. The Morgan fingerprint density at radius 2 is 2.11 bits per heavy atom. The second-order valence-electron chi connectivity index (χ2n) is 4.19. The van der Waals surface area contributed by atoms with Crippen LogP contribution in [0.15, 0.2) is 24.4 Å². The topological polar surface area (TPSA) is 55.1 Å². The molecule has 0 spiro atoms. The van der Waals surface area contributed by atoms with E-state index < -0.39 is 17.6 Å². The monoisotopic (exact) mass is 266 g/mol. The molecule has 6 heteroatoms. The predicted octanol–water partition coefficient (Wildman–Crippen LogP) is 2.38. The summed E-state index contributed by atoms with van der Waals surface area (Å²) in [6, 6.07) is 3.56. The lowest BCUT2D eigenvalue weighted by molar-refractivity contribution is -0.136. The van der Waals surface area contributed by atoms with Crippen LogP contribution < -0.4 is 0 Å². The molecule has 1 heterocycles. The van der Waals surface area contributed by atoms with Crippen molar-refractivity contribution in [2.24, 2.45) is 7.05 Å². The minimum absolute atomic E-state index is 0.0618. The number of aliphatic carboxylic acids is 1. The van der Waals surface area contributed by atoms with E-state index in [9.17, 15) is 13.6 Å². The Morgan fingerprint density at radius 1 is 1.37 bits per heavy atom. The minimum atomic E-state index is -0.939. The first kappa shape index (κ1) is 13.2. The summed E-state index contributed by atoms with van der Waals surface area (Å²) in [7, 11) is 1.69. The van der Waals surface area contributed by atoms with Gasteiger partial charge in [0.05, 0.1) is 12.1 Å². The number of halogens is 2. The molecule has 0 atom stereocenters. The molecule has 1 N–H and O–H groups in total. The summed E-state index contributed by atoms with van der Waals surface area (Å²) < 4.78 is 27.6. The van der Waals surface area contributed by atoms with Gasteiger partial charge in [0.25, 0.3) is 0 Å². The van der Waals surface area contributed by atoms with E-state index >= 15 is 0 Å². The molecule has 0 aliphatic carbocycles. The molecule has 1 aromatic heterocycles. The van der Waals surface area contributed by atoms with E-state index in [1.165, 1.54) is 10.7 Å². The van der Waals surface area contributed by atoms with Crippen LogP contribution in [-0.2, 0) is 18.3 Å². The Labute approximate surface area is 108 Å². The normalized spacial score (nSPS) is 10.7. The molecule has 0 aliphatic rings. The number of rotatable bonds is 4. The summed E-state index contributed by atoms with van der Waals surface area (Å²) in [4.78, 5) is 10.6. The smallest absolute Gasteiger partial charge is 0.303 e. The third-order valence-corrected chi connectivity index (χ3v) is 2.71. The quantitative estimate of drug-likeness (QED) is 0.924. The van der Waals surface area contributed by atoms with Gasteiger partial charge in [0, 0.05) is 25.2 Å². The van der Waals surface area contributed by atoms with Crippen LogP contribution in [-0.4, -0.2) is 20.9 Å². The zero-order valence-corrected chi connectivity index (χ0v) is 10.2. The molecule has 100 valence electrons. The van der Waals surface area contributed by atoms with E-state index in [4.69, 9.17) is 5.11 Å². The molecule has 0 fully saturated rings. The average Bonchev–Trinajstić information content (AvgIpc) is 2.71. The van der Waals surface area contributed by atoms with Crippen molar-refractivity contribution < 1.29 is 18.7 Å². The molecule has 0 radical (unpaired) electrons. The highest BCUT2D eigenvalue weighted by Crippen LogP contribution is 2.25. The van der Waals surface area contributed by atoms with Gasteiger partial charge in [-0.05, 0) is 17.7 Å². The fourth-order valence-electron chi connectivity index (χ4n) is 1.85. The maximum Gasteiger partial charge on any atom is 0.303 e. The maximum atomic E-state index is 13.2. The molecule has 4 nitrogen and oxygen atoms in total. The van der Waals surface area contributed by atoms with Gasteiger partial charge < -0.3 is 5.11 Å². The molecule has 2 rings (SSSR count). The summed E-state index contributed by atoms with van der Waals surface area (Å²) in [6.07, 6.45) is 1.84. The van der Waals surface area contributed by atoms with Gasteiger partial charge in [-0.1, -0.05) is 6.07 Å². The number of carbonyl (C=O) groups is 1. The first-order valence-corrected chi connectivity index (χ1v) is 5.67. The molecule has 0 aliphatic heterocycles. The van der Waals surface area contributed by atoms with Crippen LogP contribution >= 0.6 is 0 Å². The highest BCUT2D eigenvalue weighted by molar-refractivity contribution is 5.69. The fraction of sp³-hybridized carbons (Fsp3) is 0.231. The molecule has 0 saturated heterocycles. The number of carboxylic acid groups (broad SMARTS) is 1. The molecular formula is C13H12F2N2O2. The summed E-state index contributed by atoms with van der Waals surface area (Å²) in [5.41, 5.74) is 1.64. The third-order valence-electron chi connectivity index (χ3n) is 2.71. The first-order chi connectivity index (χ1) is 8.97. The van der Waals surface area contributed by atoms with E-state index in [1.807, 2.05) is 0 Å². The molecule has 0 saturated carbocycles. The van der Waals surface area contributed by atoms with Crippen LogP contribution in [0.1, 0.15) is 12.1 Å². The van der Waals surface area contributed by atoms with Crippen molar-refractivity contribution in [2.45, 2.75) is 12.8 Å². The third kappa shape index (κ3) is 2.96. The number of hydrogen-bond donors (Lipinski definition) is 1. The Bertz CT molecular complexity index is 623. The van der Waals surface area contributed by atoms with Crippen LogP contribution in [0.2, 0.25) is 0 Å². The number of benzene rings is 1. The lowest BCUT2D eigenvalue weighted by Gasteiger charge is -2.02. The number of hydrogen-bond acceptors (Lipinski definition) is 2. The molecule has 0 unspecified atom stereocenters. The van der Waals surface area contributed by atoms with Crippen molar-refractivity contribution in [3.8, 4) is 11.1 Å². The molecule has 2 aromatic rings. The SMILES string of the molecule is Cn1cc(-c2ccc(F)c(F)c2)c(CCC(=O)O)n1. The zero-order valence-electron chi connectivity index (χ0n) is 10.2. The summed E-state index contributed by atoms with van der Waals surface area (Å²) in [5.74, 6) is -2.79. The fourth-order valence-corrected chi connectivity index (χ4v) is 1.85. The number of aryl methyl sites for hydroxylation is 2. The first-order valence-electron chi connectivity index (χ1n) is 5.67. The lowest BCUT2D eigenvalue weighted by atomic mass is 10.0. The Hall–Kier alpha value is -2.24. The van der Waals surface area contributed by atoms with Crippen LogP contribution in [0.25, 0.3) is 11.1 Å². The van der Waals surface area contributed by atoms with E-state index in [0.29, 0.717) is 16.8 Å². The Balaban J connectivity index is 2.37. The molecular weight excluding hydrogens is 254 g/mol. The van der Waals surface area contributed by atoms with E-state index in [1.54, 1.807) is 13.2 Å². The predicted molar refractivity (Wildman–Crippen MR) is 64.5 cm³/mol. The van der Waals surface area contributed by atoms with Crippen molar-refractivity contribution in [1.82, 2.24) is 9.78 Å². The minimum Gasteiger partial charge on any atom is -0.481 e. The molecule has 19 heavy (non-hydrogen) atoms. The van der Waals surface area contributed by atoms with Gasteiger partial charge in [-0.25, -0.2) is 8.78 Å². The van der Waals surface area contributed by atoms with Gasteiger partial charge in [-0.2, -0.15) is 5.10 Å². The Morgan fingerprint density at radius 3 is 2.74 bits per heavy atom. The number of aromatic nitrogens is 2. The summed E-state index contributed by atoms with van der Waals surface area (Å²) >= 11 is 0. The van der Waals surface area contributed by atoms with Crippen molar-refractivity contribution in [2.75, 3.05) is 0 Å². The van der Waals surface area contributed by atoms with Crippen LogP contribution in [0, 0.1) is 11.6 Å². The zero-order chi connectivity index (χ0) is 14.0. The van der Waals surface area contributed by atoms with Crippen molar-refractivity contribution in [3.05, 3.63) is 41.7 Å². The van der Waals surface area contributed by atoms with Gasteiger partial charge in [0.1, 0.15) is 0 Å². The van der Waals surface area contributed by atoms with Gasteiger partial charge in [0.2, 0.25) is 0 Å². The van der Waals surface area contributed by atoms with Crippen molar-refractivity contribution >= 4 is 5.97 Å². The van der Waals surface area contributed by atoms with Gasteiger partial charge in [0.15, 0.2) is 11.6 Å². The number of nitrogens with zero attached hydrogens (tertiary/aromatic N) is 2. The standard InChI is InChI=1S/C13H12F2N2O2/c1-17-7-9(12(16-17)4-5-13(18)19)8-2-3-10(14)11(15)6-8/h2-3,6-7H,4-5H2,1H3,(H,18,19). The molecule has 0 amide bonds. The van der Waals surface area contributed by atoms with E-state index in [2.05, 4.69) is 5.10 Å². The second kappa shape index (κ2) is 5.17. The highest BCUT2D eigenvalue weighted by atomic mass is 19.2. The van der Waals surface area contributed by atoms with Crippen molar-refractivity contribution in [1.29, 1.82) is 0 Å². The van der Waals surface area contributed by atoms with Crippen LogP contribution in [0.5, 0.6) is 0 Å². The largest absolute Gasteiger partial charge is 0.481 e. The Kier molecular flexibility index (Phi) is 3.59. The van der Waals surface area contributed by atoms with Crippen LogP contribution in [0.4, 0.5) is 8.78 Å². The average molecular weight is 266 g/mol. The highest BCUT2D eigenvalue weighted by Gasteiger charge is 2.13. The van der Waals surface area contributed by atoms with Gasteiger partial charge >= 0.3 is 5.97 Å². The van der Waals surface area contributed by atoms with E-state index in [0.717, 1.165) is 12.1 Å². The van der Waals surface area contributed by atoms with E-state index in [-0.39, 0.29) is 12.8 Å². The lowest BCUT2D eigenvalue weighted by Crippen LogP contribution is -2.00. The molecule has 1 aromatic carbocycles.